The van der Waals surface area contributed by atoms with Gasteiger partial charge >= 0.3 is 0 Å². The molecule has 35 heavy (non-hydrogen) atoms. The van der Waals surface area contributed by atoms with Crippen LogP contribution in [0.25, 0.3) is 11.1 Å². The molecular weight excluding hydrogens is 504 g/mol. The predicted octanol–water partition coefficient (Wildman–Crippen LogP) is 6.23. The summed E-state index contributed by atoms with van der Waals surface area (Å²) in [6.07, 6.45) is 0. The van der Waals surface area contributed by atoms with Gasteiger partial charge < -0.3 is 0 Å². The summed E-state index contributed by atoms with van der Waals surface area (Å²) in [7, 11) is -7.95. The lowest BCUT2D eigenvalue weighted by molar-refractivity contribution is 0.599. The monoisotopic (exact) mass is 526 g/mol. The van der Waals surface area contributed by atoms with E-state index in [1.807, 2.05) is 13.8 Å². The molecule has 0 atom stereocenters. The average molecular weight is 527 g/mol. The van der Waals surface area contributed by atoms with E-state index in [-0.39, 0.29) is 21.2 Å². The molecule has 0 heterocycles. The van der Waals surface area contributed by atoms with Gasteiger partial charge in [0.25, 0.3) is 20.0 Å². The zero-order valence-electron chi connectivity index (χ0n) is 19.0. The van der Waals surface area contributed by atoms with Crippen LogP contribution in [0.1, 0.15) is 11.1 Å². The molecule has 0 radical (unpaired) electrons. The summed E-state index contributed by atoms with van der Waals surface area (Å²) in [5.74, 6) is 0. The van der Waals surface area contributed by atoms with E-state index in [2.05, 4.69) is 9.44 Å². The molecule has 0 amide bonds. The Balaban J connectivity index is 1.77. The van der Waals surface area contributed by atoms with E-state index in [4.69, 9.17) is 11.6 Å². The SMILES string of the molecule is Cc1ccc(S(=O)(=O)Nc2ccc(-c3ccc(Cl)cc3)cc2NS(=O)(=O)c2ccc(C)cc2)cc1. The fraction of sp³-hybridized carbons (Fsp3) is 0.0769. The second-order valence-electron chi connectivity index (χ2n) is 8.10. The van der Waals surface area contributed by atoms with Gasteiger partial charge in [-0.1, -0.05) is 65.2 Å². The van der Waals surface area contributed by atoms with Crippen LogP contribution in [0, 0.1) is 13.8 Å². The minimum absolute atomic E-state index is 0.0623. The van der Waals surface area contributed by atoms with E-state index in [0.29, 0.717) is 10.6 Å². The molecule has 0 spiro atoms. The molecule has 0 unspecified atom stereocenters. The molecule has 0 fully saturated rings. The van der Waals surface area contributed by atoms with Gasteiger partial charge in [0.2, 0.25) is 0 Å². The average Bonchev–Trinajstić information content (AvgIpc) is 2.81. The summed E-state index contributed by atoms with van der Waals surface area (Å²) in [5.41, 5.74) is 3.50. The molecule has 0 aliphatic rings. The first kappa shape index (κ1) is 24.8. The quantitative estimate of drug-likeness (QED) is 0.299. The molecule has 4 aromatic rings. The molecule has 4 rings (SSSR count). The van der Waals surface area contributed by atoms with Crippen LogP contribution in [0.4, 0.5) is 11.4 Å². The summed E-state index contributed by atoms with van der Waals surface area (Å²) in [5, 5.41) is 0.566. The second kappa shape index (κ2) is 9.73. The normalized spacial score (nSPS) is 11.7. The Bertz CT molecular complexity index is 1570. The number of nitrogens with one attached hydrogen (secondary N) is 2. The van der Waals surface area contributed by atoms with Crippen molar-refractivity contribution in [1.29, 1.82) is 0 Å². The highest BCUT2D eigenvalue weighted by Crippen LogP contribution is 2.33. The van der Waals surface area contributed by atoms with E-state index in [0.717, 1.165) is 16.7 Å². The predicted molar refractivity (Wildman–Crippen MR) is 141 cm³/mol. The third-order valence-electron chi connectivity index (χ3n) is 5.35. The summed E-state index contributed by atoms with van der Waals surface area (Å²) in [6.45, 7) is 3.72. The third kappa shape index (κ3) is 5.85. The lowest BCUT2D eigenvalue weighted by Gasteiger charge is -2.16. The molecule has 0 aliphatic carbocycles. The minimum Gasteiger partial charge on any atom is -0.277 e. The number of sulfonamides is 2. The van der Waals surface area contributed by atoms with Gasteiger partial charge in [-0.2, -0.15) is 0 Å². The smallest absolute Gasteiger partial charge is 0.261 e. The summed E-state index contributed by atoms with van der Waals surface area (Å²) < 4.78 is 57.4. The van der Waals surface area contributed by atoms with Gasteiger partial charge in [0, 0.05) is 5.02 Å². The van der Waals surface area contributed by atoms with Gasteiger partial charge in [-0.25, -0.2) is 16.8 Å². The van der Waals surface area contributed by atoms with E-state index < -0.39 is 20.0 Å². The maximum Gasteiger partial charge on any atom is 0.261 e. The molecule has 0 saturated carbocycles. The highest BCUT2D eigenvalue weighted by atomic mass is 35.5. The highest BCUT2D eigenvalue weighted by Gasteiger charge is 2.20. The van der Waals surface area contributed by atoms with E-state index >= 15 is 0 Å². The van der Waals surface area contributed by atoms with E-state index in [1.165, 1.54) is 30.3 Å². The van der Waals surface area contributed by atoms with Crippen molar-refractivity contribution in [2.45, 2.75) is 23.6 Å². The highest BCUT2D eigenvalue weighted by molar-refractivity contribution is 7.93. The fourth-order valence-corrected chi connectivity index (χ4v) is 5.66. The lowest BCUT2D eigenvalue weighted by atomic mass is 10.0. The summed E-state index contributed by atoms with van der Waals surface area (Å²) in [4.78, 5) is 0.129. The number of benzene rings is 4. The molecule has 9 heteroatoms. The van der Waals surface area contributed by atoms with Crippen molar-refractivity contribution in [2.75, 3.05) is 9.44 Å². The molecule has 6 nitrogen and oxygen atoms in total. The van der Waals surface area contributed by atoms with Crippen LogP contribution in [0.3, 0.4) is 0 Å². The van der Waals surface area contributed by atoms with Crippen LogP contribution in [0.2, 0.25) is 5.02 Å². The number of anilines is 2. The minimum atomic E-state index is -3.99. The van der Waals surface area contributed by atoms with Crippen LogP contribution < -0.4 is 9.44 Å². The lowest BCUT2D eigenvalue weighted by Crippen LogP contribution is -2.17. The molecule has 0 aromatic heterocycles. The van der Waals surface area contributed by atoms with E-state index in [9.17, 15) is 16.8 Å². The maximum atomic E-state index is 13.1. The van der Waals surface area contributed by atoms with Crippen molar-refractivity contribution in [3.05, 3.63) is 107 Å². The second-order valence-corrected chi connectivity index (χ2v) is 11.9. The number of halogens is 1. The molecular formula is C26H23ClN2O4S2. The molecule has 0 saturated heterocycles. The van der Waals surface area contributed by atoms with Gasteiger partial charge in [0.1, 0.15) is 0 Å². The zero-order chi connectivity index (χ0) is 25.2. The molecule has 2 N–H and O–H groups in total. The molecule has 180 valence electrons. The number of rotatable bonds is 7. The van der Waals surface area contributed by atoms with Gasteiger partial charge in [-0.15, -0.1) is 0 Å². The first-order chi connectivity index (χ1) is 16.5. The van der Waals surface area contributed by atoms with Crippen LogP contribution in [0.5, 0.6) is 0 Å². The Morgan fingerprint density at radius 1 is 0.543 bits per heavy atom. The van der Waals surface area contributed by atoms with Crippen molar-refractivity contribution >= 4 is 43.0 Å². The van der Waals surface area contributed by atoms with Gasteiger partial charge in [0.15, 0.2) is 0 Å². The van der Waals surface area contributed by atoms with Crippen LogP contribution in [-0.2, 0) is 20.0 Å². The zero-order valence-corrected chi connectivity index (χ0v) is 21.4. The van der Waals surface area contributed by atoms with Crippen molar-refractivity contribution < 1.29 is 16.8 Å². The topological polar surface area (TPSA) is 92.3 Å². The van der Waals surface area contributed by atoms with Crippen LogP contribution in [-0.4, -0.2) is 16.8 Å². The van der Waals surface area contributed by atoms with Crippen LogP contribution in [0.15, 0.2) is 101 Å². The van der Waals surface area contributed by atoms with Gasteiger partial charge in [-0.05, 0) is 73.5 Å². The first-order valence-corrected chi connectivity index (χ1v) is 14.0. The Morgan fingerprint density at radius 3 is 1.46 bits per heavy atom. The molecule has 0 bridgehead atoms. The summed E-state index contributed by atoms with van der Waals surface area (Å²) in [6, 6.07) is 24.6. The number of hydrogen-bond acceptors (Lipinski definition) is 4. The Morgan fingerprint density at radius 2 is 0.971 bits per heavy atom. The van der Waals surface area contributed by atoms with Gasteiger partial charge in [0.05, 0.1) is 21.2 Å². The Labute approximate surface area is 210 Å². The molecule has 4 aromatic carbocycles. The van der Waals surface area contributed by atoms with Crippen molar-refractivity contribution in [3.63, 3.8) is 0 Å². The van der Waals surface area contributed by atoms with E-state index in [1.54, 1.807) is 60.7 Å². The number of aryl methyl sites for hydroxylation is 2. The van der Waals surface area contributed by atoms with Crippen molar-refractivity contribution in [2.24, 2.45) is 0 Å². The van der Waals surface area contributed by atoms with Crippen molar-refractivity contribution in [1.82, 2.24) is 0 Å². The standard InChI is InChI=1S/C26H23ClN2O4S2/c1-18-3-12-23(13-4-18)34(30,31)28-25-16-9-21(20-7-10-22(27)11-8-20)17-26(25)29-35(32,33)24-14-5-19(2)6-15-24/h3-17,28-29H,1-2H3. The third-order valence-corrected chi connectivity index (χ3v) is 8.36. The Kier molecular flexibility index (Phi) is 6.89. The molecule has 0 aliphatic heterocycles. The van der Waals surface area contributed by atoms with Crippen LogP contribution >= 0.6 is 11.6 Å². The van der Waals surface area contributed by atoms with Crippen molar-refractivity contribution in [3.8, 4) is 11.1 Å². The maximum absolute atomic E-state index is 13.1. The number of hydrogen-bond donors (Lipinski definition) is 2. The fourth-order valence-electron chi connectivity index (χ4n) is 3.38. The Hall–Kier alpha value is -3.33. The largest absolute Gasteiger partial charge is 0.277 e. The summed E-state index contributed by atoms with van der Waals surface area (Å²) >= 11 is 5.99. The van der Waals surface area contributed by atoms with Gasteiger partial charge in [-0.3, -0.25) is 9.44 Å². The first-order valence-electron chi connectivity index (χ1n) is 10.6.